The molecule has 0 N–H and O–H groups in total. The monoisotopic (exact) mass is 371 g/mol. The number of esters is 1. The van der Waals surface area contributed by atoms with Crippen molar-refractivity contribution in [3.63, 3.8) is 0 Å². The van der Waals surface area contributed by atoms with Gasteiger partial charge in [-0.15, -0.1) is 0 Å². The Hall–Kier alpha value is -2.60. The predicted octanol–water partition coefficient (Wildman–Crippen LogP) is 3.99. The van der Waals surface area contributed by atoms with Gasteiger partial charge in [0.2, 0.25) is 5.71 Å². The fourth-order valence-electron chi connectivity index (χ4n) is 3.55. The Morgan fingerprint density at radius 1 is 1.31 bits per heavy atom. The summed E-state index contributed by atoms with van der Waals surface area (Å²) >= 11 is 5.98. The molecule has 4 rings (SSSR count). The van der Waals surface area contributed by atoms with E-state index >= 15 is 0 Å². The van der Waals surface area contributed by atoms with Gasteiger partial charge in [0.05, 0.1) is 12.5 Å². The van der Waals surface area contributed by atoms with Crippen molar-refractivity contribution in [1.29, 1.82) is 0 Å². The number of anilines is 1. The van der Waals surface area contributed by atoms with Crippen LogP contribution >= 0.6 is 11.6 Å². The zero-order valence-electron chi connectivity index (χ0n) is 14.5. The number of furan rings is 1. The van der Waals surface area contributed by atoms with Crippen LogP contribution in [0.4, 0.5) is 5.82 Å². The van der Waals surface area contributed by atoms with Crippen LogP contribution in [0.3, 0.4) is 0 Å². The van der Waals surface area contributed by atoms with Gasteiger partial charge in [-0.3, -0.25) is 0 Å². The lowest BCUT2D eigenvalue weighted by atomic mass is 10.1. The molecule has 7 heteroatoms. The standard InChI is InChI=1S/C19H18ClN3O3/c1-11-15-17(23-9-3-4-14(23)19(24)25-2)21-10-22-18(15)26-16(11)12-5-7-13(20)8-6-12/h5-8,10,14H,3-4,9H2,1-2H3/t14-/m0/s1. The fraction of sp³-hybridized carbons (Fsp3) is 0.316. The van der Waals surface area contributed by atoms with Crippen molar-refractivity contribution in [3.05, 3.63) is 41.2 Å². The first-order valence-electron chi connectivity index (χ1n) is 8.44. The molecule has 3 heterocycles. The second-order valence-electron chi connectivity index (χ2n) is 6.32. The molecule has 2 aromatic heterocycles. The average molecular weight is 372 g/mol. The molecular weight excluding hydrogens is 354 g/mol. The molecule has 26 heavy (non-hydrogen) atoms. The van der Waals surface area contributed by atoms with Crippen molar-refractivity contribution in [3.8, 4) is 11.3 Å². The Bertz CT molecular complexity index is 968. The summed E-state index contributed by atoms with van der Waals surface area (Å²) in [5, 5.41) is 1.49. The van der Waals surface area contributed by atoms with E-state index in [0.29, 0.717) is 16.6 Å². The Morgan fingerprint density at radius 2 is 2.08 bits per heavy atom. The maximum atomic E-state index is 12.1. The van der Waals surface area contributed by atoms with Gasteiger partial charge >= 0.3 is 5.97 Å². The first kappa shape index (κ1) is 16.8. The van der Waals surface area contributed by atoms with E-state index in [0.717, 1.165) is 41.7 Å². The lowest BCUT2D eigenvalue weighted by Gasteiger charge is -2.24. The molecule has 0 unspecified atom stereocenters. The fourth-order valence-corrected chi connectivity index (χ4v) is 3.67. The van der Waals surface area contributed by atoms with Gasteiger partial charge in [0.15, 0.2) is 0 Å². The number of nitrogens with zero attached hydrogens (tertiary/aromatic N) is 3. The third kappa shape index (κ3) is 2.70. The molecule has 0 radical (unpaired) electrons. The van der Waals surface area contributed by atoms with Crippen molar-refractivity contribution in [2.45, 2.75) is 25.8 Å². The van der Waals surface area contributed by atoms with E-state index in [-0.39, 0.29) is 12.0 Å². The van der Waals surface area contributed by atoms with Crippen LogP contribution < -0.4 is 4.90 Å². The highest BCUT2D eigenvalue weighted by Gasteiger charge is 2.34. The van der Waals surface area contributed by atoms with Gasteiger partial charge < -0.3 is 14.1 Å². The lowest BCUT2D eigenvalue weighted by Crippen LogP contribution is -2.37. The van der Waals surface area contributed by atoms with Gasteiger partial charge in [-0.2, -0.15) is 0 Å². The molecule has 6 nitrogen and oxygen atoms in total. The van der Waals surface area contributed by atoms with Crippen molar-refractivity contribution < 1.29 is 13.9 Å². The van der Waals surface area contributed by atoms with E-state index in [1.165, 1.54) is 13.4 Å². The van der Waals surface area contributed by atoms with Crippen molar-refractivity contribution in [2.24, 2.45) is 0 Å². The number of aryl methyl sites for hydroxylation is 1. The molecule has 0 aliphatic carbocycles. The van der Waals surface area contributed by atoms with Crippen molar-refractivity contribution in [1.82, 2.24) is 9.97 Å². The highest BCUT2D eigenvalue weighted by Crippen LogP contribution is 2.38. The van der Waals surface area contributed by atoms with Gasteiger partial charge in [-0.25, -0.2) is 14.8 Å². The number of carbonyl (C=O) groups is 1. The van der Waals surface area contributed by atoms with Gasteiger partial charge in [0, 0.05) is 22.7 Å². The Balaban J connectivity index is 1.84. The van der Waals surface area contributed by atoms with Crippen LogP contribution in [0.15, 0.2) is 35.0 Å². The summed E-state index contributed by atoms with van der Waals surface area (Å²) in [5.74, 6) is 1.20. The summed E-state index contributed by atoms with van der Waals surface area (Å²) in [7, 11) is 1.41. The van der Waals surface area contributed by atoms with Gasteiger partial charge in [-0.1, -0.05) is 11.6 Å². The quantitative estimate of drug-likeness (QED) is 0.648. The zero-order valence-corrected chi connectivity index (χ0v) is 15.3. The van der Waals surface area contributed by atoms with Crippen LogP contribution in [-0.2, 0) is 9.53 Å². The number of ether oxygens (including phenoxy) is 1. The molecule has 1 aliphatic rings. The Kier molecular flexibility index (Phi) is 4.28. The molecule has 3 aromatic rings. The summed E-state index contributed by atoms with van der Waals surface area (Å²) in [6.07, 6.45) is 3.13. The number of fused-ring (bicyclic) bond motifs is 1. The molecule has 134 valence electrons. The van der Waals surface area contributed by atoms with Crippen LogP contribution in [0, 0.1) is 6.92 Å². The van der Waals surface area contributed by atoms with Crippen LogP contribution in [0.2, 0.25) is 5.02 Å². The summed E-state index contributed by atoms with van der Waals surface area (Å²) in [6.45, 7) is 2.72. The summed E-state index contributed by atoms with van der Waals surface area (Å²) in [4.78, 5) is 22.9. The summed E-state index contributed by atoms with van der Waals surface area (Å²) < 4.78 is 11.0. The van der Waals surface area contributed by atoms with Crippen LogP contribution in [-0.4, -0.2) is 35.6 Å². The third-order valence-electron chi connectivity index (χ3n) is 4.81. The second-order valence-corrected chi connectivity index (χ2v) is 6.75. The average Bonchev–Trinajstić information content (AvgIpc) is 3.27. The Labute approximate surface area is 155 Å². The minimum Gasteiger partial charge on any atom is -0.467 e. The number of carbonyl (C=O) groups excluding carboxylic acids is 1. The lowest BCUT2D eigenvalue weighted by molar-refractivity contribution is -0.141. The predicted molar refractivity (Wildman–Crippen MR) is 99.4 cm³/mol. The van der Waals surface area contributed by atoms with E-state index in [1.54, 1.807) is 0 Å². The number of hydrogen-bond acceptors (Lipinski definition) is 6. The van der Waals surface area contributed by atoms with E-state index < -0.39 is 0 Å². The largest absolute Gasteiger partial charge is 0.467 e. The molecular formula is C19H18ClN3O3. The highest BCUT2D eigenvalue weighted by atomic mass is 35.5. The maximum absolute atomic E-state index is 12.1. The normalized spacial score (nSPS) is 17.0. The molecule has 1 fully saturated rings. The van der Waals surface area contributed by atoms with Gasteiger partial charge in [-0.05, 0) is 44.0 Å². The first-order chi connectivity index (χ1) is 12.6. The molecule has 1 saturated heterocycles. The van der Waals surface area contributed by atoms with Crippen LogP contribution in [0.25, 0.3) is 22.4 Å². The van der Waals surface area contributed by atoms with E-state index in [1.807, 2.05) is 36.1 Å². The van der Waals surface area contributed by atoms with Crippen LogP contribution in [0.5, 0.6) is 0 Å². The minimum absolute atomic E-state index is 0.242. The number of hydrogen-bond donors (Lipinski definition) is 0. The number of halogens is 1. The second kappa shape index (κ2) is 6.61. The molecule has 1 atom stereocenters. The third-order valence-corrected chi connectivity index (χ3v) is 5.06. The number of benzene rings is 1. The molecule has 0 saturated carbocycles. The van der Waals surface area contributed by atoms with Gasteiger partial charge in [0.25, 0.3) is 0 Å². The topological polar surface area (TPSA) is 68.5 Å². The summed E-state index contributed by atoms with van der Waals surface area (Å²) in [6, 6.07) is 7.14. The number of rotatable bonds is 3. The number of aromatic nitrogens is 2. The minimum atomic E-state index is -0.327. The molecule has 0 bridgehead atoms. The van der Waals surface area contributed by atoms with E-state index in [4.69, 9.17) is 20.8 Å². The highest BCUT2D eigenvalue weighted by molar-refractivity contribution is 6.30. The molecule has 1 aromatic carbocycles. The molecule has 1 aliphatic heterocycles. The van der Waals surface area contributed by atoms with Crippen molar-refractivity contribution in [2.75, 3.05) is 18.6 Å². The SMILES string of the molecule is COC(=O)[C@@H]1CCCN1c1ncnc2oc(-c3ccc(Cl)cc3)c(C)c12. The smallest absolute Gasteiger partial charge is 0.328 e. The Morgan fingerprint density at radius 3 is 2.81 bits per heavy atom. The zero-order chi connectivity index (χ0) is 18.3. The van der Waals surface area contributed by atoms with E-state index in [2.05, 4.69) is 9.97 Å². The van der Waals surface area contributed by atoms with Crippen LogP contribution in [0.1, 0.15) is 18.4 Å². The summed E-state index contributed by atoms with van der Waals surface area (Å²) in [5.41, 5.74) is 2.36. The van der Waals surface area contributed by atoms with E-state index in [9.17, 15) is 4.79 Å². The number of methoxy groups -OCH3 is 1. The maximum Gasteiger partial charge on any atom is 0.328 e. The molecule has 0 amide bonds. The van der Waals surface area contributed by atoms with Crippen molar-refractivity contribution >= 4 is 34.5 Å². The van der Waals surface area contributed by atoms with Gasteiger partial charge in [0.1, 0.15) is 23.9 Å². The molecule has 0 spiro atoms. The first-order valence-corrected chi connectivity index (χ1v) is 8.82.